The maximum atomic E-state index is 14.5. The van der Waals surface area contributed by atoms with Crippen molar-refractivity contribution in [1.82, 2.24) is 0 Å². The Hall–Kier alpha value is -3.36. The zero-order chi connectivity index (χ0) is 27.6. The Morgan fingerprint density at radius 3 is 2.61 bits per heavy atom. The number of anilines is 1. The van der Waals surface area contributed by atoms with Crippen molar-refractivity contribution in [2.75, 3.05) is 18.0 Å². The van der Waals surface area contributed by atoms with Crippen molar-refractivity contribution in [2.24, 2.45) is 0 Å². The van der Waals surface area contributed by atoms with Gasteiger partial charge in [0.05, 0.1) is 29.3 Å². The second-order valence-corrected chi connectivity index (χ2v) is 11.6. The first-order valence-electron chi connectivity index (χ1n) is 12.1. The minimum atomic E-state index is -3.96. The van der Waals surface area contributed by atoms with Gasteiger partial charge in [0.25, 0.3) is 10.0 Å². The van der Waals surface area contributed by atoms with E-state index < -0.39 is 27.9 Å². The lowest BCUT2D eigenvalue weighted by Gasteiger charge is -2.36. The molecule has 0 spiro atoms. The average molecular weight is 558 g/mol. The van der Waals surface area contributed by atoms with E-state index in [1.54, 1.807) is 55.5 Å². The summed E-state index contributed by atoms with van der Waals surface area (Å²) in [4.78, 5) is 11.9. The first-order valence-corrected chi connectivity index (χ1v) is 13.9. The molecule has 1 aliphatic heterocycles. The molecule has 1 aliphatic rings. The minimum Gasteiger partial charge on any atom is -0.486 e. The number of halogens is 2. The molecule has 0 unspecified atom stereocenters. The highest BCUT2D eigenvalue weighted by Gasteiger charge is 2.35. The zero-order valence-electron chi connectivity index (χ0n) is 21.6. The van der Waals surface area contributed by atoms with Crippen LogP contribution in [0.25, 0.3) is 11.6 Å². The van der Waals surface area contributed by atoms with Crippen molar-refractivity contribution in [1.29, 1.82) is 0 Å². The largest absolute Gasteiger partial charge is 0.486 e. The molecule has 3 aromatic carbocycles. The Morgan fingerprint density at radius 1 is 1.18 bits per heavy atom. The van der Waals surface area contributed by atoms with Crippen molar-refractivity contribution < 1.29 is 27.1 Å². The summed E-state index contributed by atoms with van der Waals surface area (Å²) >= 11 is 6.27. The van der Waals surface area contributed by atoms with E-state index in [1.165, 1.54) is 17.5 Å². The fourth-order valence-corrected chi connectivity index (χ4v) is 6.39. The Balaban J connectivity index is 1.81. The number of hydrogen-bond acceptors (Lipinski definition) is 5. The Bertz CT molecular complexity index is 1500. The standard InChI is InChI=1S/C29H29ClFNO5S/c1-18-7-5-8-23(13-18)38(34,35)32-17-22(11-12-28(33)36-4)37-27-15-19(2)21(16-26(27)32)14-20(3)29-24(30)9-6-10-25(29)31/h5-10,13-16,22H,11-12,17H2,1-4H3/b20-14+/t22-/m0/s1. The van der Waals surface area contributed by atoms with Gasteiger partial charge in [-0.2, -0.15) is 0 Å². The van der Waals surface area contributed by atoms with E-state index in [2.05, 4.69) is 0 Å². The maximum absolute atomic E-state index is 14.5. The number of nitrogens with zero attached hydrogens (tertiary/aromatic N) is 1. The molecule has 0 fully saturated rings. The summed E-state index contributed by atoms with van der Waals surface area (Å²) in [6, 6.07) is 14.7. The van der Waals surface area contributed by atoms with Gasteiger partial charge >= 0.3 is 5.97 Å². The molecule has 9 heteroatoms. The van der Waals surface area contributed by atoms with Gasteiger partial charge in [-0.25, -0.2) is 12.8 Å². The molecule has 200 valence electrons. The summed E-state index contributed by atoms with van der Waals surface area (Å²) in [5, 5.41) is 0.287. The van der Waals surface area contributed by atoms with E-state index in [4.69, 9.17) is 21.1 Å². The summed E-state index contributed by atoms with van der Waals surface area (Å²) in [6.07, 6.45) is 1.61. The smallest absolute Gasteiger partial charge is 0.305 e. The molecule has 6 nitrogen and oxygen atoms in total. The molecule has 0 saturated carbocycles. The number of rotatable bonds is 7. The van der Waals surface area contributed by atoms with E-state index in [-0.39, 0.29) is 34.9 Å². The van der Waals surface area contributed by atoms with Gasteiger partial charge in [0, 0.05) is 12.0 Å². The molecule has 0 saturated heterocycles. The van der Waals surface area contributed by atoms with Crippen molar-refractivity contribution in [3.8, 4) is 5.75 Å². The summed E-state index contributed by atoms with van der Waals surface area (Å²) in [5.41, 5.74) is 3.56. The van der Waals surface area contributed by atoms with Gasteiger partial charge in [-0.05, 0) is 85.9 Å². The van der Waals surface area contributed by atoms with Crippen molar-refractivity contribution in [2.45, 2.75) is 44.6 Å². The van der Waals surface area contributed by atoms with E-state index in [0.29, 0.717) is 22.6 Å². The molecule has 0 aromatic heterocycles. The molecular formula is C29H29ClFNO5S. The number of allylic oxidation sites excluding steroid dienone is 1. The lowest BCUT2D eigenvalue weighted by Crippen LogP contribution is -2.43. The van der Waals surface area contributed by atoms with Gasteiger partial charge in [-0.15, -0.1) is 0 Å². The molecule has 0 amide bonds. The number of ether oxygens (including phenoxy) is 2. The lowest BCUT2D eigenvalue weighted by atomic mass is 9.99. The summed E-state index contributed by atoms with van der Waals surface area (Å²) in [5.74, 6) is -0.452. The third-order valence-electron chi connectivity index (χ3n) is 6.48. The third-order valence-corrected chi connectivity index (χ3v) is 8.57. The van der Waals surface area contributed by atoms with Crippen LogP contribution in [0.5, 0.6) is 5.75 Å². The molecule has 1 heterocycles. The second kappa shape index (κ2) is 11.2. The number of sulfonamides is 1. The number of aryl methyl sites for hydroxylation is 2. The van der Waals surface area contributed by atoms with E-state index in [1.807, 2.05) is 19.9 Å². The highest BCUT2D eigenvalue weighted by Crippen LogP contribution is 2.41. The van der Waals surface area contributed by atoms with E-state index in [9.17, 15) is 17.6 Å². The Kier molecular flexibility index (Phi) is 8.13. The Morgan fingerprint density at radius 2 is 1.92 bits per heavy atom. The number of methoxy groups -OCH3 is 1. The van der Waals surface area contributed by atoms with Crippen LogP contribution in [0.15, 0.2) is 59.5 Å². The molecule has 38 heavy (non-hydrogen) atoms. The molecule has 4 rings (SSSR count). The van der Waals surface area contributed by atoms with Crippen molar-refractivity contribution in [3.63, 3.8) is 0 Å². The molecule has 1 atom stereocenters. The van der Waals surface area contributed by atoms with Crippen LogP contribution in [-0.2, 0) is 19.6 Å². The zero-order valence-corrected chi connectivity index (χ0v) is 23.2. The van der Waals surface area contributed by atoms with Gasteiger partial charge in [0.2, 0.25) is 0 Å². The molecular weight excluding hydrogens is 529 g/mol. The SMILES string of the molecule is COC(=O)CC[C@H]1CN(S(=O)(=O)c2cccc(C)c2)c2cc(/C=C(\C)c3c(F)cccc3Cl)c(C)cc2O1. The van der Waals surface area contributed by atoms with Crippen LogP contribution in [-0.4, -0.2) is 34.1 Å². The predicted octanol–water partition coefficient (Wildman–Crippen LogP) is 6.57. The van der Waals surface area contributed by atoms with Gasteiger partial charge < -0.3 is 9.47 Å². The van der Waals surface area contributed by atoms with Crippen LogP contribution in [0, 0.1) is 19.7 Å². The highest BCUT2D eigenvalue weighted by molar-refractivity contribution is 7.92. The summed E-state index contributed by atoms with van der Waals surface area (Å²) in [6.45, 7) is 5.46. The van der Waals surface area contributed by atoms with Gasteiger partial charge in [0.1, 0.15) is 17.7 Å². The van der Waals surface area contributed by atoms with Crippen molar-refractivity contribution >= 4 is 44.9 Å². The predicted molar refractivity (Wildman–Crippen MR) is 148 cm³/mol. The van der Waals surface area contributed by atoms with Crippen LogP contribution >= 0.6 is 11.6 Å². The average Bonchev–Trinajstić information content (AvgIpc) is 2.87. The van der Waals surface area contributed by atoms with Crippen molar-refractivity contribution in [3.05, 3.63) is 87.7 Å². The van der Waals surface area contributed by atoms with Gasteiger partial charge in [0.15, 0.2) is 0 Å². The van der Waals surface area contributed by atoms with Crippen LogP contribution in [0.3, 0.4) is 0 Å². The first kappa shape index (κ1) is 27.7. The van der Waals surface area contributed by atoms with Gasteiger partial charge in [-0.3, -0.25) is 9.10 Å². The van der Waals surface area contributed by atoms with Crippen LogP contribution in [0.1, 0.15) is 42.0 Å². The minimum absolute atomic E-state index is 0.0185. The number of carbonyl (C=O) groups is 1. The second-order valence-electron chi connectivity index (χ2n) is 9.31. The number of hydrogen-bond donors (Lipinski definition) is 0. The summed E-state index contributed by atoms with van der Waals surface area (Å²) < 4.78 is 54.5. The fraction of sp³-hybridized carbons (Fsp3) is 0.276. The normalized spacial score (nSPS) is 15.6. The number of fused-ring (bicyclic) bond motifs is 1. The molecule has 0 N–H and O–H groups in total. The molecule has 3 aromatic rings. The monoisotopic (exact) mass is 557 g/mol. The topological polar surface area (TPSA) is 72.9 Å². The quantitative estimate of drug-likeness (QED) is 0.243. The Labute approximate surface area is 227 Å². The van der Waals surface area contributed by atoms with E-state index >= 15 is 0 Å². The summed E-state index contributed by atoms with van der Waals surface area (Å²) in [7, 11) is -2.66. The van der Waals surface area contributed by atoms with Crippen LogP contribution < -0.4 is 9.04 Å². The third kappa shape index (κ3) is 5.71. The lowest BCUT2D eigenvalue weighted by molar-refractivity contribution is -0.141. The molecule has 0 aliphatic carbocycles. The fourth-order valence-electron chi connectivity index (χ4n) is 4.47. The van der Waals surface area contributed by atoms with Crippen LogP contribution in [0.2, 0.25) is 5.02 Å². The first-order chi connectivity index (χ1) is 18.0. The number of benzene rings is 3. The van der Waals surface area contributed by atoms with E-state index in [0.717, 1.165) is 11.1 Å². The maximum Gasteiger partial charge on any atom is 0.305 e. The number of carbonyl (C=O) groups excluding carboxylic acids is 1. The van der Waals surface area contributed by atoms with Gasteiger partial charge in [-0.1, -0.05) is 35.9 Å². The van der Waals surface area contributed by atoms with Crippen LogP contribution in [0.4, 0.5) is 10.1 Å². The number of esters is 1. The highest BCUT2D eigenvalue weighted by atomic mass is 35.5. The molecule has 0 radical (unpaired) electrons. The molecule has 0 bridgehead atoms.